The fourth-order valence-electron chi connectivity index (χ4n) is 2.24. The van der Waals surface area contributed by atoms with Gasteiger partial charge in [-0.1, -0.05) is 23.7 Å². The van der Waals surface area contributed by atoms with Crippen molar-refractivity contribution in [3.63, 3.8) is 0 Å². The van der Waals surface area contributed by atoms with E-state index in [4.69, 9.17) is 17.3 Å². The lowest BCUT2D eigenvalue weighted by Gasteiger charge is -2.21. The van der Waals surface area contributed by atoms with Gasteiger partial charge >= 0.3 is 6.03 Å². The molecule has 2 rings (SSSR count). The lowest BCUT2D eigenvalue weighted by Crippen LogP contribution is -2.49. The third kappa shape index (κ3) is 4.14. The van der Waals surface area contributed by atoms with Crippen molar-refractivity contribution in [3.05, 3.63) is 29.3 Å². The van der Waals surface area contributed by atoms with Gasteiger partial charge in [0, 0.05) is 11.4 Å². The fraction of sp³-hybridized carbons (Fsp3) is 0.357. The predicted molar refractivity (Wildman–Crippen MR) is 84.6 cm³/mol. The third-order valence-electron chi connectivity index (χ3n) is 3.28. The molecule has 0 unspecified atom stereocenters. The molecule has 0 spiro atoms. The lowest BCUT2D eigenvalue weighted by molar-refractivity contribution is -0.122. The topological polar surface area (TPSA) is 92.5 Å². The zero-order valence-corrected chi connectivity index (χ0v) is 13.3. The molecule has 1 aliphatic rings. The minimum absolute atomic E-state index is 0.0601. The van der Waals surface area contributed by atoms with Crippen molar-refractivity contribution in [2.75, 3.05) is 12.3 Å². The predicted octanol–water partition coefficient (Wildman–Crippen LogP) is 1.62. The van der Waals surface area contributed by atoms with Crippen LogP contribution in [0.15, 0.2) is 29.2 Å². The number of amides is 4. The fourth-order valence-corrected chi connectivity index (χ4v) is 3.28. The number of rotatable bonds is 4. The Labute approximate surface area is 137 Å². The normalized spacial score (nSPS) is 17.3. The number of hydrogen-bond donors (Lipinski definition) is 2. The summed E-state index contributed by atoms with van der Waals surface area (Å²) in [6, 6.07) is 5.93. The third-order valence-corrected chi connectivity index (χ3v) is 4.80. The molecule has 1 fully saturated rings. The van der Waals surface area contributed by atoms with Crippen LogP contribution in [0.25, 0.3) is 0 Å². The van der Waals surface area contributed by atoms with Crippen molar-refractivity contribution in [2.45, 2.75) is 23.8 Å². The van der Waals surface area contributed by atoms with E-state index in [0.29, 0.717) is 24.4 Å². The van der Waals surface area contributed by atoms with Crippen LogP contribution in [0.5, 0.6) is 0 Å². The number of likely N-dealkylation sites (tertiary alicyclic amines) is 1. The summed E-state index contributed by atoms with van der Waals surface area (Å²) < 4.78 is 0. The Morgan fingerprint density at radius 3 is 2.77 bits per heavy atom. The van der Waals surface area contributed by atoms with Gasteiger partial charge in [0.15, 0.2) is 0 Å². The van der Waals surface area contributed by atoms with Crippen LogP contribution in [0.1, 0.15) is 12.8 Å². The van der Waals surface area contributed by atoms with Gasteiger partial charge in [-0.25, -0.2) is 4.79 Å². The molecule has 1 aromatic carbocycles. The molecule has 4 amide bonds. The number of nitrogens with two attached hydrogens (primary N) is 1. The van der Waals surface area contributed by atoms with E-state index < -0.39 is 23.9 Å². The highest BCUT2D eigenvalue weighted by Gasteiger charge is 2.33. The Morgan fingerprint density at radius 2 is 2.09 bits per heavy atom. The molecule has 22 heavy (non-hydrogen) atoms. The number of thioether (sulfide) groups is 1. The molecular weight excluding hydrogens is 326 g/mol. The molecule has 0 aliphatic carbocycles. The standard InChI is InChI=1S/C14H16ClN3O3S/c15-9-4-1-2-6-11(9)22-8-12(19)17-14(21)18-7-3-5-10(18)13(16)20/h1-2,4,6,10H,3,5,7-8H2,(H2,16,20)(H,17,19,21)/t10-/m1/s1. The maximum atomic E-state index is 12.0. The molecule has 6 nitrogen and oxygen atoms in total. The van der Waals surface area contributed by atoms with Crippen molar-refractivity contribution in [3.8, 4) is 0 Å². The number of nitrogens with one attached hydrogen (secondary N) is 1. The summed E-state index contributed by atoms with van der Waals surface area (Å²) in [5, 5.41) is 2.83. The second-order valence-electron chi connectivity index (χ2n) is 4.83. The summed E-state index contributed by atoms with van der Waals surface area (Å²) in [6.45, 7) is 0.421. The summed E-state index contributed by atoms with van der Waals surface area (Å²) >= 11 is 7.23. The van der Waals surface area contributed by atoms with Gasteiger partial charge in [0.25, 0.3) is 0 Å². The number of halogens is 1. The smallest absolute Gasteiger partial charge is 0.324 e. The second-order valence-corrected chi connectivity index (χ2v) is 6.25. The number of urea groups is 1. The van der Waals surface area contributed by atoms with Crippen LogP contribution in [0.4, 0.5) is 4.79 Å². The van der Waals surface area contributed by atoms with Crippen molar-refractivity contribution in [1.82, 2.24) is 10.2 Å². The molecule has 3 N–H and O–H groups in total. The SMILES string of the molecule is NC(=O)[C@H]1CCCN1C(=O)NC(=O)CSc1ccccc1Cl. The highest BCUT2D eigenvalue weighted by molar-refractivity contribution is 8.00. The highest BCUT2D eigenvalue weighted by atomic mass is 35.5. The molecule has 118 valence electrons. The molecule has 1 saturated heterocycles. The average molecular weight is 342 g/mol. The molecule has 0 bridgehead atoms. The van der Waals surface area contributed by atoms with Crippen molar-refractivity contribution >= 4 is 41.2 Å². The van der Waals surface area contributed by atoms with E-state index in [1.807, 2.05) is 6.07 Å². The van der Waals surface area contributed by atoms with E-state index in [-0.39, 0.29) is 5.75 Å². The Balaban J connectivity index is 1.85. The Hall–Kier alpha value is -1.73. The number of hydrogen-bond acceptors (Lipinski definition) is 4. The van der Waals surface area contributed by atoms with Gasteiger partial charge in [0.1, 0.15) is 6.04 Å². The van der Waals surface area contributed by atoms with E-state index in [0.717, 1.165) is 4.90 Å². The van der Waals surface area contributed by atoms with Crippen LogP contribution in [-0.2, 0) is 9.59 Å². The first-order valence-electron chi connectivity index (χ1n) is 6.76. The Morgan fingerprint density at radius 1 is 1.36 bits per heavy atom. The number of nitrogens with zero attached hydrogens (tertiary/aromatic N) is 1. The van der Waals surface area contributed by atoms with Gasteiger partial charge in [-0.15, -0.1) is 11.8 Å². The zero-order valence-electron chi connectivity index (χ0n) is 11.8. The maximum Gasteiger partial charge on any atom is 0.324 e. The van der Waals surface area contributed by atoms with Crippen LogP contribution >= 0.6 is 23.4 Å². The van der Waals surface area contributed by atoms with Gasteiger partial charge in [-0.3, -0.25) is 14.9 Å². The first-order chi connectivity index (χ1) is 10.5. The van der Waals surface area contributed by atoms with E-state index >= 15 is 0 Å². The molecule has 1 atom stereocenters. The molecule has 0 saturated carbocycles. The molecule has 1 aromatic rings. The van der Waals surface area contributed by atoms with E-state index in [2.05, 4.69) is 5.32 Å². The average Bonchev–Trinajstić information content (AvgIpc) is 2.96. The van der Waals surface area contributed by atoms with Gasteiger partial charge < -0.3 is 10.6 Å². The van der Waals surface area contributed by atoms with Crippen LogP contribution in [0.2, 0.25) is 5.02 Å². The number of carbonyl (C=O) groups excluding carboxylic acids is 3. The summed E-state index contributed by atoms with van der Waals surface area (Å²) in [6.07, 6.45) is 1.23. The number of benzene rings is 1. The van der Waals surface area contributed by atoms with Gasteiger partial charge in [-0.05, 0) is 25.0 Å². The van der Waals surface area contributed by atoms with Crippen molar-refractivity contribution in [1.29, 1.82) is 0 Å². The highest BCUT2D eigenvalue weighted by Crippen LogP contribution is 2.26. The lowest BCUT2D eigenvalue weighted by atomic mass is 10.2. The molecule has 0 radical (unpaired) electrons. The van der Waals surface area contributed by atoms with Crippen LogP contribution in [0.3, 0.4) is 0 Å². The second kappa shape index (κ2) is 7.51. The quantitative estimate of drug-likeness (QED) is 0.814. The Kier molecular flexibility index (Phi) is 5.68. The van der Waals surface area contributed by atoms with Crippen LogP contribution < -0.4 is 11.1 Å². The first-order valence-corrected chi connectivity index (χ1v) is 8.12. The monoisotopic (exact) mass is 341 g/mol. The van der Waals surface area contributed by atoms with E-state index in [9.17, 15) is 14.4 Å². The van der Waals surface area contributed by atoms with Crippen molar-refractivity contribution in [2.24, 2.45) is 5.73 Å². The van der Waals surface area contributed by atoms with Gasteiger partial charge in [0.05, 0.1) is 10.8 Å². The van der Waals surface area contributed by atoms with Crippen molar-refractivity contribution < 1.29 is 14.4 Å². The van der Waals surface area contributed by atoms with Gasteiger partial charge in [0.2, 0.25) is 11.8 Å². The summed E-state index contributed by atoms with van der Waals surface area (Å²) in [7, 11) is 0. The van der Waals surface area contributed by atoms with E-state index in [1.165, 1.54) is 16.7 Å². The van der Waals surface area contributed by atoms with E-state index in [1.54, 1.807) is 18.2 Å². The Bertz CT molecular complexity index is 596. The zero-order chi connectivity index (χ0) is 16.1. The molecule has 1 aliphatic heterocycles. The number of imide groups is 1. The van der Waals surface area contributed by atoms with Gasteiger partial charge in [-0.2, -0.15) is 0 Å². The van der Waals surface area contributed by atoms with Crippen LogP contribution in [-0.4, -0.2) is 41.1 Å². The number of primary amides is 1. The molecule has 1 heterocycles. The largest absolute Gasteiger partial charge is 0.368 e. The summed E-state index contributed by atoms with van der Waals surface area (Å²) in [5.41, 5.74) is 5.24. The molecule has 0 aromatic heterocycles. The summed E-state index contributed by atoms with van der Waals surface area (Å²) in [4.78, 5) is 37.2. The minimum atomic E-state index is -0.635. The number of carbonyl (C=O) groups is 3. The summed E-state index contributed by atoms with van der Waals surface area (Å²) in [5.74, 6) is -0.930. The first kappa shape index (κ1) is 16.6. The van der Waals surface area contributed by atoms with Crippen LogP contribution in [0, 0.1) is 0 Å². The molecule has 8 heteroatoms. The maximum absolute atomic E-state index is 12.0. The molecular formula is C14H16ClN3O3S. The minimum Gasteiger partial charge on any atom is -0.368 e.